The summed E-state index contributed by atoms with van der Waals surface area (Å²) in [5.41, 5.74) is 6.26. The highest BCUT2D eigenvalue weighted by Gasteiger charge is 2.18. The van der Waals surface area contributed by atoms with E-state index in [4.69, 9.17) is 5.73 Å². The van der Waals surface area contributed by atoms with Gasteiger partial charge in [0.05, 0.1) is 5.69 Å². The fourth-order valence-electron chi connectivity index (χ4n) is 2.08. The molecule has 0 unspecified atom stereocenters. The number of rotatable bonds is 3. The first-order chi connectivity index (χ1) is 10.1. The number of nitrogens with zero attached hydrogens (tertiary/aromatic N) is 1. The molecule has 0 saturated heterocycles. The minimum absolute atomic E-state index is 0.116. The smallest absolute Gasteiger partial charge is 0.281 e. The number of nitrogens with one attached hydrogen (secondary N) is 1. The van der Waals surface area contributed by atoms with Gasteiger partial charge in [0, 0.05) is 11.9 Å². The molecule has 0 saturated carbocycles. The summed E-state index contributed by atoms with van der Waals surface area (Å²) >= 11 is 0. The quantitative estimate of drug-likeness (QED) is 0.778. The summed E-state index contributed by atoms with van der Waals surface area (Å²) in [7, 11) is -3.80. The molecule has 0 atom stereocenters. The third kappa shape index (κ3) is 2.66. The number of hydrogen-bond donors (Lipinski definition) is 2. The zero-order chi connectivity index (χ0) is 14.9. The van der Waals surface area contributed by atoms with Crippen molar-refractivity contribution in [2.24, 2.45) is 0 Å². The number of aromatic nitrogens is 1. The Morgan fingerprint density at radius 2 is 1.71 bits per heavy atom. The summed E-state index contributed by atoms with van der Waals surface area (Å²) in [6.07, 6.45) is 1.39. The summed E-state index contributed by atoms with van der Waals surface area (Å²) < 4.78 is 27.1. The first-order valence-corrected chi connectivity index (χ1v) is 7.77. The predicted molar refractivity (Wildman–Crippen MR) is 83.4 cm³/mol. The average molecular weight is 299 g/mol. The highest BCUT2D eigenvalue weighted by atomic mass is 32.2. The zero-order valence-corrected chi connectivity index (χ0v) is 11.8. The molecule has 21 heavy (non-hydrogen) atoms. The maximum absolute atomic E-state index is 12.3. The monoisotopic (exact) mass is 299 g/mol. The topological polar surface area (TPSA) is 85.1 Å². The SMILES string of the molecule is Nc1cccnc1S(=O)(=O)Nc1ccc2ccccc2c1. The summed E-state index contributed by atoms with van der Waals surface area (Å²) in [6.45, 7) is 0. The summed E-state index contributed by atoms with van der Waals surface area (Å²) in [5.74, 6) is 0. The van der Waals surface area contributed by atoms with Gasteiger partial charge >= 0.3 is 0 Å². The van der Waals surface area contributed by atoms with Crippen molar-refractivity contribution in [2.45, 2.75) is 5.03 Å². The molecule has 3 N–H and O–H groups in total. The van der Waals surface area contributed by atoms with Crippen LogP contribution in [0.1, 0.15) is 0 Å². The number of benzene rings is 2. The molecule has 0 radical (unpaired) electrons. The van der Waals surface area contributed by atoms with Crippen LogP contribution in [0, 0.1) is 0 Å². The van der Waals surface area contributed by atoms with E-state index in [1.54, 1.807) is 18.2 Å². The van der Waals surface area contributed by atoms with Crippen molar-refractivity contribution in [1.29, 1.82) is 0 Å². The third-order valence-corrected chi connectivity index (χ3v) is 4.41. The Bertz CT molecular complexity index is 907. The molecule has 6 heteroatoms. The van der Waals surface area contributed by atoms with Crippen LogP contribution in [-0.4, -0.2) is 13.4 Å². The molecule has 0 amide bonds. The van der Waals surface area contributed by atoms with Gasteiger partial charge in [0.15, 0.2) is 5.03 Å². The first-order valence-electron chi connectivity index (χ1n) is 6.28. The standard InChI is InChI=1S/C15H13N3O2S/c16-14-6-3-9-17-15(14)21(19,20)18-13-8-7-11-4-1-2-5-12(11)10-13/h1-10,18H,16H2. The Labute approximate surface area is 122 Å². The number of nitrogen functional groups attached to an aromatic ring is 1. The largest absolute Gasteiger partial charge is 0.396 e. The lowest BCUT2D eigenvalue weighted by Gasteiger charge is -2.09. The van der Waals surface area contributed by atoms with E-state index in [1.165, 1.54) is 12.3 Å². The number of fused-ring (bicyclic) bond motifs is 1. The summed E-state index contributed by atoms with van der Waals surface area (Å²) in [6, 6.07) is 16.1. The van der Waals surface area contributed by atoms with Gasteiger partial charge in [0.1, 0.15) is 0 Å². The van der Waals surface area contributed by atoms with E-state index in [2.05, 4.69) is 9.71 Å². The molecule has 0 aliphatic heterocycles. The van der Waals surface area contributed by atoms with Crippen molar-refractivity contribution < 1.29 is 8.42 Å². The van der Waals surface area contributed by atoms with Gasteiger partial charge in [0.2, 0.25) is 0 Å². The maximum atomic E-state index is 12.3. The van der Waals surface area contributed by atoms with Crippen molar-refractivity contribution in [3.63, 3.8) is 0 Å². The Kier molecular flexibility index (Phi) is 3.23. The molecule has 5 nitrogen and oxygen atoms in total. The summed E-state index contributed by atoms with van der Waals surface area (Å²) in [5, 5.41) is 1.82. The second-order valence-electron chi connectivity index (χ2n) is 4.57. The lowest BCUT2D eigenvalue weighted by Crippen LogP contribution is -2.16. The molecule has 3 rings (SSSR count). The van der Waals surface area contributed by atoms with Gasteiger partial charge in [-0.25, -0.2) is 4.98 Å². The van der Waals surface area contributed by atoms with Crippen LogP contribution in [0.2, 0.25) is 0 Å². The fraction of sp³-hybridized carbons (Fsp3) is 0. The van der Waals surface area contributed by atoms with Gasteiger partial charge < -0.3 is 5.73 Å². The van der Waals surface area contributed by atoms with Gasteiger partial charge in [-0.2, -0.15) is 8.42 Å². The second kappa shape index (κ2) is 5.06. The van der Waals surface area contributed by atoms with Crippen molar-refractivity contribution in [2.75, 3.05) is 10.5 Å². The third-order valence-electron chi connectivity index (χ3n) is 3.06. The molecule has 2 aromatic carbocycles. The highest BCUT2D eigenvalue weighted by Crippen LogP contribution is 2.22. The molecule has 1 heterocycles. The minimum atomic E-state index is -3.80. The van der Waals surface area contributed by atoms with Crippen LogP contribution in [-0.2, 0) is 10.0 Å². The Balaban J connectivity index is 1.99. The molecule has 0 aliphatic carbocycles. The van der Waals surface area contributed by atoms with Crippen molar-refractivity contribution in [3.8, 4) is 0 Å². The van der Waals surface area contributed by atoms with Crippen LogP contribution < -0.4 is 10.5 Å². The molecular weight excluding hydrogens is 286 g/mol. The average Bonchev–Trinajstić information content (AvgIpc) is 2.47. The molecule has 3 aromatic rings. The van der Waals surface area contributed by atoms with Gasteiger partial charge in [-0.05, 0) is 35.0 Å². The lowest BCUT2D eigenvalue weighted by molar-refractivity contribution is 0.598. The Morgan fingerprint density at radius 1 is 0.952 bits per heavy atom. The van der Waals surface area contributed by atoms with Gasteiger partial charge in [-0.3, -0.25) is 4.72 Å². The number of sulfonamides is 1. The van der Waals surface area contributed by atoms with Crippen LogP contribution in [0.3, 0.4) is 0 Å². The van der Waals surface area contributed by atoms with Crippen LogP contribution in [0.4, 0.5) is 11.4 Å². The number of hydrogen-bond acceptors (Lipinski definition) is 4. The molecule has 106 valence electrons. The highest BCUT2D eigenvalue weighted by molar-refractivity contribution is 7.92. The summed E-state index contributed by atoms with van der Waals surface area (Å²) in [4.78, 5) is 3.83. The Morgan fingerprint density at radius 3 is 2.48 bits per heavy atom. The van der Waals surface area contributed by atoms with Crippen LogP contribution in [0.15, 0.2) is 65.8 Å². The van der Waals surface area contributed by atoms with Crippen molar-refractivity contribution in [3.05, 3.63) is 60.8 Å². The van der Waals surface area contributed by atoms with Crippen LogP contribution >= 0.6 is 0 Å². The zero-order valence-electron chi connectivity index (χ0n) is 11.0. The lowest BCUT2D eigenvalue weighted by atomic mass is 10.1. The fourth-order valence-corrected chi connectivity index (χ4v) is 3.20. The van der Waals surface area contributed by atoms with E-state index in [1.807, 2.05) is 30.3 Å². The van der Waals surface area contributed by atoms with Crippen LogP contribution in [0.5, 0.6) is 0 Å². The van der Waals surface area contributed by atoms with E-state index in [0.717, 1.165) is 10.8 Å². The molecule has 1 aromatic heterocycles. The van der Waals surface area contributed by atoms with Crippen molar-refractivity contribution in [1.82, 2.24) is 4.98 Å². The van der Waals surface area contributed by atoms with Gasteiger partial charge in [-0.1, -0.05) is 30.3 Å². The maximum Gasteiger partial charge on any atom is 0.281 e. The van der Waals surface area contributed by atoms with Crippen LogP contribution in [0.25, 0.3) is 10.8 Å². The first kappa shape index (κ1) is 13.4. The Hall–Kier alpha value is -2.60. The van der Waals surface area contributed by atoms with Gasteiger partial charge in [-0.15, -0.1) is 0 Å². The molecule has 0 fully saturated rings. The number of pyridine rings is 1. The van der Waals surface area contributed by atoms with Crippen molar-refractivity contribution >= 4 is 32.2 Å². The van der Waals surface area contributed by atoms with E-state index in [0.29, 0.717) is 5.69 Å². The molecule has 0 aliphatic rings. The molecular formula is C15H13N3O2S. The minimum Gasteiger partial charge on any atom is -0.396 e. The number of nitrogens with two attached hydrogens (primary N) is 1. The molecule has 0 spiro atoms. The van der Waals surface area contributed by atoms with Gasteiger partial charge in [0.25, 0.3) is 10.0 Å². The van der Waals surface area contributed by atoms with E-state index in [-0.39, 0.29) is 10.7 Å². The number of anilines is 2. The van der Waals surface area contributed by atoms with E-state index >= 15 is 0 Å². The normalized spacial score (nSPS) is 11.4. The second-order valence-corrected chi connectivity index (χ2v) is 6.16. The van der Waals surface area contributed by atoms with E-state index in [9.17, 15) is 8.42 Å². The predicted octanol–water partition coefficient (Wildman–Crippen LogP) is 2.62. The molecule has 0 bridgehead atoms. The van der Waals surface area contributed by atoms with E-state index < -0.39 is 10.0 Å².